The van der Waals surface area contributed by atoms with Crippen LogP contribution in [0, 0.1) is 5.92 Å². The Labute approximate surface area is 173 Å². The largest absolute Gasteiger partial charge is 0.508 e. The van der Waals surface area contributed by atoms with Crippen LogP contribution in [-0.2, 0) is 14.9 Å². The summed E-state index contributed by atoms with van der Waals surface area (Å²) in [6, 6.07) is 3.56. The van der Waals surface area contributed by atoms with Gasteiger partial charge in [-0.05, 0) is 70.2 Å². The number of aliphatic hydroxyl groups excluding tert-OH is 1. The molecule has 5 nitrogen and oxygen atoms in total. The number of aliphatic hydroxyl groups is 1. The van der Waals surface area contributed by atoms with Crippen molar-refractivity contribution in [2.75, 3.05) is 13.2 Å². The molecular weight excluding hydrogens is 368 g/mol. The Balaban J connectivity index is 1.98. The molecule has 0 fully saturated rings. The van der Waals surface area contributed by atoms with E-state index in [0.29, 0.717) is 24.3 Å². The number of hydrogen-bond acceptors (Lipinski definition) is 5. The zero-order valence-corrected chi connectivity index (χ0v) is 18.2. The van der Waals surface area contributed by atoms with Crippen molar-refractivity contribution < 1.29 is 24.5 Å². The molecule has 0 saturated carbocycles. The van der Waals surface area contributed by atoms with Crippen molar-refractivity contribution in [3.63, 3.8) is 0 Å². The normalized spacial score (nSPS) is 22.8. The Morgan fingerprint density at radius 1 is 1.34 bits per heavy atom. The lowest BCUT2D eigenvalue weighted by atomic mass is 9.66. The molecule has 1 aromatic rings. The summed E-state index contributed by atoms with van der Waals surface area (Å²) in [5.41, 5.74) is 1.16. The van der Waals surface area contributed by atoms with E-state index >= 15 is 0 Å². The zero-order valence-electron chi connectivity index (χ0n) is 18.2. The van der Waals surface area contributed by atoms with E-state index in [-0.39, 0.29) is 30.2 Å². The highest BCUT2D eigenvalue weighted by atomic mass is 16.5. The van der Waals surface area contributed by atoms with Gasteiger partial charge in [0.2, 0.25) is 0 Å². The summed E-state index contributed by atoms with van der Waals surface area (Å²) in [6.45, 7) is 10.3. The predicted molar refractivity (Wildman–Crippen MR) is 112 cm³/mol. The number of esters is 1. The molecule has 0 saturated heterocycles. The summed E-state index contributed by atoms with van der Waals surface area (Å²) < 4.78 is 11.8. The number of benzene rings is 1. The molecule has 0 spiro atoms. The van der Waals surface area contributed by atoms with Gasteiger partial charge in [0.1, 0.15) is 17.1 Å². The molecule has 1 aliphatic heterocycles. The van der Waals surface area contributed by atoms with Gasteiger partial charge in [-0.2, -0.15) is 0 Å². The fourth-order valence-electron chi connectivity index (χ4n) is 4.56. The molecule has 1 aliphatic carbocycles. The van der Waals surface area contributed by atoms with Crippen LogP contribution in [0.4, 0.5) is 0 Å². The van der Waals surface area contributed by atoms with Gasteiger partial charge in [-0.15, -0.1) is 0 Å². The summed E-state index contributed by atoms with van der Waals surface area (Å²) >= 11 is 0. The third kappa shape index (κ3) is 4.02. The Hall–Kier alpha value is -2.01. The number of carbonyl (C=O) groups is 1. The first-order valence-corrected chi connectivity index (χ1v) is 10.6. The number of carbonyl (C=O) groups excluding carboxylic acids is 1. The van der Waals surface area contributed by atoms with Crippen LogP contribution in [0.1, 0.15) is 77.3 Å². The van der Waals surface area contributed by atoms with Crippen molar-refractivity contribution in [2.45, 2.75) is 77.2 Å². The fourth-order valence-corrected chi connectivity index (χ4v) is 4.56. The molecule has 0 radical (unpaired) electrons. The van der Waals surface area contributed by atoms with Gasteiger partial charge in [-0.25, -0.2) is 0 Å². The third-order valence-electron chi connectivity index (χ3n) is 6.55. The second-order valence-corrected chi connectivity index (χ2v) is 9.40. The number of phenolic OH excluding ortho intramolecular Hbond substituents is 1. The molecule has 0 amide bonds. The van der Waals surface area contributed by atoms with E-state index in [9.17, 15) is 15.0 Å². The number of rotatable bonds is 6. The Morgan fingerprint density at radius 2 is 2.07 bits per heavy atom. The Morgan fingerprint density at radius 3 is 2.72 bits per heavy atom. The lowest BCUT2D eigenvalue weighted by Gasteiger charge is -2.47. The molecule has 1 heterocycles. The summed E-state index contributed by atoms with van der Waals surface area (Å²) in [6.07, 6.45) is 5.40. The van der Waals surface area contributed by atoms with Crippen LogP contribution in [0.5, 0.6) is 11.5 Å². The van der Waals surface area contributed by atoms with Gasteiger partial charge in [0, 0.05) is 17.4 Å². The maximum absolute atomic E-state index is 12.7. The highest BCUT2D eigenvalue weighted by Crippen LogP contribution is 2.54. The van der Waals surface area contributed by atoms with Gasteiger partial charge in [-0.1, -0.05) is 19.4 Å². The molecule has 0 bridgehead atoms. The number of ether oxygens (including phenoxy) is 2. The number of aromatic hydroxyl groups is 1. The lowest BCUT2D eigenvalue weighted by molar-refractivity contribution is -0.149. The Bertz CT molecular complexity index is 806. The van der Waals surface area contributed by atoms with Crippen molar-refractivity contribution in [1.29, 1.82) is 0 Å². The molecule has 2 atom stereocenters. The van der Waals surface area contributed by atoms with Gasteiger partial charge in [0.05, 0.1) is 18.6 Å². The lowest BCUT2D eigenvalue weighted by Crippen LogP contribution is -2.45. The summed E-state index contributed by atoms with van der Waals surface area (Å²) in [7, 11) is 0. The van der Waals surface area contributed by atoms with Gasteiger partial charge in [0.15, 0.2) is 0 Å². The standard InChI is InChI=1S/C24H34O5/c1-6-7-10-28-22(27)23(2,3)16-12-19(26)21-17-11-15(14-25)8-9-18(17)24(4,5)29-20(21)13-16/h8,12-13,17-18,25-26H,6-7,9-11,14H2,1-5H3/t17-,18?/m1/s1. The van der Waals surface area contributed by atoms with E-state index in [2.05, 4.69) is 26.8 Å². The van der Waals surface area contributed by atoms with E-state index in [1.165, 1.54) is 0 Å². The fraction of sp³-hybridized carbons (Fsp3) is 0.625. The second-order valence-electron chi connectivity index (χ2n) is 9.40. The smallest absolute Gasteiger partial charge is 0.315 e. The molecule has 3 rings (SSSR count). The van der Waals surface area contributed by atoms with Crippen molar-refractivity contribution in [3.8, 4) is 11.5 Å². The first kappa shape index (κ1) is 21.7. The Kier molecular flexibility index (Phi) is 6.00. The SMILES string of the molecule is CCCCOC(=O)C(C)(C)c1cc(O)c2c(c1)OC(C)(C)C1CC=C(CO)C[C@@H]21. The van der Waals surface area contributed by atoms with Crippen LogP contribution in [-0.4, -0.2) is 35.0 Å². The topological polar surface area (TPSA) is 76.0 Å². The molecule has 29 heavy (non-hydrogen) atoms. The summed E-state index contributed by atoms with van der Waals surface area (Å²) in [5, 5.41) is 20.6. The number of allylic oxidation sites excluding steroid dienone is 1. The highest BCUT2D eigenvalue weighted by Gasteiger charge is 2.46. The first-order chi connectivity index (χ1) is 13.6. The van der Waals surface area contributed by atoms with Crippen LogP contribution in [0.15, 0.2) is 23.8 Å². The maximum Gasteiger partial charge on any atom is 0.315 e. The number of hydrogen-bond donors (Lipinski definition) is 2. The van der Waals surface area contributed by atoms with Gasteiger partial charge < -0.3 is 19.7 Å². The minimum Gasteiger partial charge on any atom is -0.508 e. The molecule has 0 aromatic heterocycles. The van der Waals surface area contributed by atoms with Gasteiger partial charge in [0.25, 0.3) is 0 Å². The van der Waals surface area contributed by atoms with Crippen LogP contribution < -0.4 is 4.74 Å². The highest BCUT2D eigenvalue weighted by molar-refractivity contribution is 5.82. The first-order valence-electron chi connectivity index (χ1n) is 10.6. The predicted octanol–water partition coefficient (Wildman–Crippen LogP) is 4.60. The van der Waals surface area contributed by atoms with Gasteiger partial charge >= 0.3 is 5.97 Å². The molecular formula is C24H34O5. The monoisotopic (exact) mass is 402 g/mol. The number of fused-ring (bicyclic) bond motifs is 3. The molecule has 2 aliphatic rings. The zero-order chi connectivity index (χ0) is 21.4. The van der Waals surface area contributed by atoms with Crippen molar-refractivity contribution in [2.24, 2.45) is 5.92 Å². The number of phenols is 1. The van der Waals surface area contributed by atoms with E-state index in [4.69, 9.17) is 9.47 Å². The third-order valence-corrected chi connectivity index (χ3v) is 6.55. The summed E-state index contributed by atoms with van der Waals surface area (Å²) in [4.78, 5) is 12.7. The molecule has 1 aromatic carbocycles. The van der Waals surface area contributed by atoms with Crippen LogP contribution in [0.3, 0.4) is 0 Å². The van der Waals surface area contributed by atoms with Crippen molar-refractivity contribution in [1.82, 2.24) is 0 Å². The summed E-state index contributed by atoms with van der Waals surface area (Å²) in [5.74, 6) is 0.765. The molecule has 160 valence electrons. The minimum absolute atomic E-state index is 0.0370. The van der Waals surface area contributed by atoms with Crippen LogP contribution >= 0.6 is 0 Å². The van der Waals surface area contributed by atoms with Crippen LogP contribution in [0.25, 0.3) is 0 Å². The van der Waals surface area contributed by atoms with E-state index in [1.807, 2.05) is 19.9 Å². The maximum atomic E-state index is 12.7. The van der Waals surface area contributed by atoms with Crippen molar-refractivity contribution in [3.05, 3.63) is 34.9 Å². The average molecular weight is 403 g/mol. The van der Waals surface area contributed by atoms with E-state index in [1.54, 1.807) is 6.07 Å². The number of unbranched alkanes of at least 4 members (excludes halogenated alkanes) is 1. The minimum atomic E-state index is -0.896. The van der Waals surface area contributed by atoms with Gasteiger partial charge in [-0.3, -0.25) is 4.79 Å². The molecule has 1 unspecified atom stereocenters. The van der Waals surface area contributed by atoms with Crippen LogP contribution in [0.2, 0.25) is 0 Å². The molecule has 5 heteroatoms. The van der Waals surface area contributed by atoms with Crippen molar-refractivity contribution >= 4 is 5.97 Å². The quantitative estimate of drug-likeness (QED) is 0.413. The average Bonchev–Trinajstić information content (AvgIpc) is 2.66. The van der Waals surface area contributed by atoms with E-state index in [0.717, 1.165) is 30.4 Å². The van der Waals surface area contributed by atoms with E-state index < -0.39 is 11.0 Å². The molecule has 2 N–H and O–H groups in total. The second kappa shape index (κ2) is 8.02.